The van der Waals surface area contributed by atoms with Crippen LogP contribution < -0.4 is 4.74 Å². The summed E-state index contributed by atoms with van der Waals surface area (Å²) in [7, 11) is 1.48. The first-order chi connectivity index (χ1) is 14.8. The van der Waals surface area contributed by atoms with Gasteiger partial charge in [0.05, 0.1) is 13.2 Å². The monoisotopic (exact) mass is 428 g/mol. The van der Waals surface area contributed by atoms with Gasteiger partial charge in [-0.05, 0) is 66.5 Å². The van der Waals surface area contributed by atoms with Gasteiger partial charge in [0.15, 0.2) is 23.0 Å². The molecule has 0 heterocycles. The number of hydrogen-bond donors (Lipinski definition) is 4. The Labute approximate surface area is 183 Å². The Kier molecular flexibility index (Phi) is 7.44. The molecule has 0 radical (unpaired) electrons. The van der Waals surface area contributed by atoms with Gasteiger partial charge in [-0.15, -0.1) is 0 Å². The van der Waals surface area contributed by atoms with E-state index in [-0.39, 0.29) is 34.9 Å². The summed E-state index contributed by atoms with van der Waals surface area (Å²) in [5.74, 6) is 0.111. The van der Waals surface area contributed by atoms with E-state index < -0.39 is 6.10 Å². The highest BCUT2D eigenvalue weighted by Gasteiger charge is 2.36. The molecule has 2 aromatic rings. The lowest BCUT2D eigenvalue weighted by Gasteiger charge is -2.39. The molecule has 6 heteroatoms. The van der Waals surface area contributed by atoms with Gasteiger partial charge >= 0.3 is 0 Å². The van der Waals surface area contributed by atoms with Crippen LogP contribution in [0.15, 0.2) is 36.4 Å². The molecule has 3 rings (SSSR count). The minimum absolute atomic E-state index is 0.0148. The number of carbonyl (C=O) groups is 1. The summed E-state index contributed by atoms with van der Waals surface area (Å²) in [4.78, 5) is 12.5. The fraction of sp³-hybridized carbons (Fsp3) is 0.480. The third kappa shape index (κ3) is 5.70. The Morgan fingerprint density at radius 3 is 2.39 bits per heavy atom. The number of aromatic hydroxyl groups is 3. The quantitative estimate of drug-likeness (QED) is 0.442. The molecule has 2 aromatic carbocycles. The summed E-state index contributed by atoms with van der Waals surface area (Å²) in [5, 5.41) is 40.1. The standard InChI is InChI=1S/C25H32O6/c1-31-24-13-17(6-9-22(24)29)5-8-19(26)15-20(27)16-25(11-3-2-4-12-25)18-7-10-21(28)23(30)14-18/h6-7,9-10,13-14,20,27-30H,2-5,8,11-12,15-16H2,1H3. The third-order valence-electron chi connectivity index (χ3n) is 6.42. The van der Waals surface area contributed by atoms with Crippen molar-refractivity contribution in [3.05, 3.63) is 47.5 Å². The Morgan fingerprint density at radius 2 is 1.71 bits per heavy atom. The van der Waals surface area contributed by atoms with Crippen molar-refractivity contribution in [2.45, 2.75) is 69.3 Å². The van der Waals surface area contributed by atoms with E-state index in [0.29, 0.717) is 25.0 Å². The van der Waals surface area contributed by atoms with Crippen molar-refractivity contribution < 1.29 is 30.0 Å². The van der Waals surface area contributed by atoms with Crippen LogP contribution in [0.4, 0.5) is 0 Å². The van der Waals surface area contributed by atoms with Crippen molar-refractivity contribution in [1.82, 2.24) is 0 Å². The van der Waals surface area contributed by atoms with E-state index in [4.69, 9.17) is 4.74 Å². The maximum Gasteiger partial charge on any atom is 0.160 e. The maximum absolute atomic E-state index is 12.5. The largest absolute Gasteiger partial charge is 0.504 e. The minimum atomic E-state index is -0.768. The van der Waals surface area contributed by atoms with Crippen LogP contribution in [0.5, 0.6) is 23.0 Å². The van der Waals surface area contributed by atoms with E-state index in [1.54, 1.807) is 24.3 Å². The molecule has 1 saturated carbocycles. The van der Waals surface area contributed by atoms with Crippen molar-refractivity contribution in [1.29, 1.82) is 0 Å². The maximum atomic E-state index is 12.5. The second kappa shape index (κ2) is 10.1. The lowest BCUT2D eigenvalue weighted by Crippen LogP contribution is -2.34. The predicted molar refractivity (Wildman–Crippen MR) is 118 cm³/mol. The smallest absolute Gasteiger partial charge is 0.160 e. The summed E-state index contributed by atoms with van der Waals surface area (Å²) >= 11 is 0. The SMILES string of the molecule is COc1cc(CCC(=O)CC(O)CC2(c3ccc(O)c(O)c3)CCCCC2)ccc1O. The molecule has 1 unspecified atom stereocenters. The second-order valence-corrected chi connectivity index (χ2v) is 8.65. The number of aryl methyl sites for hydroxylation is 1. The minimum Gasteiger partial charge on any atom is -0.504 e. The van der Waals surface area contributed by atoms with E-state index in [1.165, 1.54) is 13.2 Å². The molecule has 1 aliphatic rings. The van der Waals surface area contributed by atoms with Crippen LogP contribution in [0, 0.1) is 0 Å². The normalized spacial score (nSPS) is 16.6. The number of ketones is 1. The average molecular weight is 429 g/mol. The Bertz CT molecular complexity index is 901. The number of aliphatic hydroxyl groups is 1. The first-order valence-electron chi connectivity index (χ1n) is 10.9. The van der Waals surface area contributed by atoms with Crippen molar-refractivity contribution in [2.75, 3.05) is 7.11 Å². The Morgan fingerprint density at radius 1 is 1.00 bits per heavy atom. The Balaban J connectivity index is 1.62. The molecular weight excluding hydrogens is 396 g/mol. The number of phenolic OH excluding ortho intramolecular Hbond substituents is 3. The molecule has 4 N–H and O–H groups in total. The van der Waals surface area contributed by atoms with Gasteiger partial charge in [0.2, 0.25) is 0 Å². The lowest BCUT2D eigenvalue weighted by molar-refractivity contribution is -0.121. The average Bonchev–Trinajstić information content (AvgIpc) is 2.75. The molecule has 168 valence electrons. The van der Waals surface area contributed by atoms with Gasteiger partial charge in [-0.1, -0.05) is 31.4 Å². The molecule has 0 spiro atoms. The van der Waals surface area contributed by atoms with Gasteiger partial charge in [-0.25, -0.2) is 0 Å². The number of phenols is 3. The second-order valence-electron chi connectivity index (χ2n) is 8.65. The number of carbonyl (C=O) groups excluding carboxylic acids is 1. The summed E-state index contributed by atoms with van der Waals surface area (Å²) in [5.41, 5.74) is 1.50. The van der Waals surface area contributed by atoms with Crippen LogP contribution in [0.25, 0.3) is 0 Å². The summed E-state index contributed by atoms with van der Waals surface area (Å²) < 4.78 is 5.10. The van der Waals surface area contributed by atoms with Gasteiger partial charge in [0.1, 0.15) is 5.78 Å². The van der Waals surface area contributed by atoms with E-state index in [0.717, 1.165) is 43.2 Å². The van der Waals surface area contributed by atoms with Crippen LogP contribution in [0.1, 0.15) is 62.5 Å². The molecule has 1 atom stereocenters. The van der Waals surface area contributed by atoms with E-state index in [1.807, 2.05) is 6.07 Å². The van der Waals surface area contributed by atoms with Crippen LogP contribution in [-0.4, -0.2) is 39.4 Å². The van der Waals surface area contributed by atoms with Crippen molar-refractivity contribution >= 4 is 5.78 Å². The molecule has 0 bridgehead atoms. The topological polar surface area (TPSA) is 107 Å². The summed E-state index contributed by atoms with van der Waals surface area (Å²) in [6, 6.07) is 9.92. The van der Waals surface area contributed by atoms with Gasteiger partial charge in [0.25, 0.3) is 0 Å². The first kappa shape index (κ1) is 22.9. The molecule has 1 aliphatic carbocycles. The summed E-state index contributed by atoms with van der Waals surface area (Å²) in [6.45, 7) is 0. The predicted octanol–water partition coefficient (Wildman–Crippen LogP) is 4.36. The number of hydrogen-bond acceptors (Lipinski definition) is 6. The Hall–Kier alpha value is -2.73. The number of rotatable bonds is 9. The zero-order valence-electron chi connectivity index (χ0n) is 18.0. The number of methoxy groups -OCH3 is 1. The van der Waals surface area contributed by atoms with Gasteiger partial charge in [-0.3, -0.25) is 4.79 Å². The highest BCUT2D eigenvalue weighted by molar-refractivity contribution is 5.79. The number of aliphatic hydroxyl groups excluding tert-OH is 1. The van der Waals surface area contributed by atoms with E-state index in [2.05, 4.69) is 0 Å². The van der Waals surface area contributed by atoms with Gasteiger partial charge in [-0.2, -0.15) is 0 Å². The van der Waals surface area contributed by atoms with Crippen LogP contribution in [-0.2, 0) is 16.6 Å². The van der Waals surface area contributed by atoms with Crippen molar-refractivity contribution in [3.8, 4) is 23.0 Å². The zero-order valence-corrected chi connectivity index (χ0v) is 18.0. The van der Waals surface area contributed by atoms with Crippen molar-refractivity contribution in [2.24, 2.45) is 0 Å². The molecule has 0 aromatic heterocycles. The molecule has 6 nitrogen and oxygen atoms in total. The molecule has 31 heavy (non-hydrogen) atoms. The highest BCUT2D eigenvalue weighted by atomic mass is 16.5. The fourth-order valence-corrected chi connectivity index (χ4v) is 4.74. The van der Waals surface area contributed by atoms with Crippen LogP contribution in [0.2, 0.25) is 0 Å². The molecule has 0 aliphatic heterocycles. The lowest BCUT2D eigenvalue weighted by atomic mass is 9.66. The highest BCUT2D eigenvalue weighted by Crippen LogP contribution is 2.45. The molecule has 0 saturated heterocycles. The van der Waals surface area contributed by atoms with Gasteiger partial charge < -0.3 is 25.2 Å². The number of Topliss-reactive ketones (excluding diaryl/α,β-unsaturated/α-hetero) is 1. The molecule has 1 fully saturated rings. The molecule has 0 amide bonds. The summed E-state index contributed by atoms with van der Waals surface area (Å²) in [6.07, 6.45) is 5.56. The molecular formula is C25H32O6. The number of ether oxygens (including phenoxy) is 1. The zero-order chi connectivity index (χ0) is 22.4. The fourth-order valence-electron chi connectivity index (χ4n) is 4.74. The van der Waals surface area contributed by atoms with Crippen LogP contribution in [0.3, 0.4) is 0 Å². The number of benzene rings is 2. The third-order valence-corrected chi connectivity index (χ3v) is 6.42. The van der Waals surface area contributed by atoms with E-state index >= 15 is 0 Å². The van der Waals surface area contributed by atoms with Gasteiger partial charge in [0, 0.05) is 12.8 Å². The van der Waals surface area contributed by atoms with E-state index in [9.17, 15) is 25.2 Å². The first-order valence-corrected chi connectivity index (χ1v) is 10.9. The van der Waals surface area contributed by atoms with Crippen LogP contribution >= 0.6 is 0 Å². The van der Waals surface area contributed by atoms with Crippen molar-refractivity contribution in [3.63, 3.8) is 0 Å².